The van der Waals surface area contributed by atoms with E-state index in [2.05, 4.69) is 19.1 Å². The molecule has 0 radical (unpaired) electrons. The number of benzene rings is 1. The van der Waals surface area contributed by atoms with Gasteiger partial charge in [0, 0.05) is 11.0 Å². The van der Waals surface area contributed by atoms with Crippen LogP contribution in [0.2, 0.25) is 0 Å². The number of hydrogen-bond acceptors (Lipinski definition) is 4. The van der Waals surface area contributed by atoms with E-state index in [4.69, 9.17) is 4.74 Å². The Hall–Kier alpha value is -1.00. The zero-order chi connectivity index (χ0) is 15.3. The van der Waals surface area contributed by atoms with Crippen LogP contribution in [-0.4, -0.2) is 28.0 Å². The van der Waals surface area contributed by atoms with Crippen molar-refractivity contribution in [1.29, 1.82) is 0 Å². The van der Waals surface area contributed by atoms with E-state index >= 15 is 0 Å². The second kappa shape index (κ2) is 5.27. The van der Waals surface area contributed by atoms with Gasteiger partial charge in [0.2, 0.25) is 0 Å². The van der Waals surface area contributed by atoms with Crippen LogP contribution in [0.4, 0.5) is 0 Å². The third-order valence-electron chi connectivity index (χ3n) is 5.79. The summed E-state index contributed by atoms with van der Waals surface area (Å²) in [5.41, 5.74) is 0.362. The summed E-state index contributed by atoms with van der Waals surface area (Å²) < 4.78 is 5.53. The van der Waals surface area contributed by atoms with Gasteiger partial charge in [-0.25, -0.2) is 0 Å². The molecule has 2 aliphatic carbocycles. The van der Waals surface area contributed by atoms with Crippen LogP contribution in [0.1, 0.15) is 31.7 Å². The largest absolute Gasteiger partial charge is 0.459 e. The minimum Gasteiger partial charge on any atom is -0.459 e. The smallest absolute Gasteiger partial charge is 0.313 e. The van der Waals surface area contributed by atoms with E-state index in [1.807, 2.05) is 30.0 Å². The lowest BCUT2D eigenvalue weighted by atomic mass is 9.66. The van der Waals surface area contributed by atoms with Crippen LogP contribution in [0.5, 0.6) is 0 Å². The summed E-state index contributed by atoms with van der Waals surface area (Å²) in [7, 11) is 0. The van der Waals surface area contributed by atoms with Crippen LogP contribution in [0.3, 0.4) is 0 Å². The standard InChI is InChI=1S/C18H22O3S/c1-11-9-13-7-8-14-18(13,20)15(17(19)21-14)16(11)22-10-12-5-3-2-4-6-12/h2-6,11,13-16,20H,7-10H2,1H3/t11-,13+,14+,15?,16+,18+/m0/s1. The highest BCUT2D eigenvalue weighted by Gasteiger charge is 2.68. The Balaban J connectivity index is 1.57. The van der Waals surface area contributed by atoms with Crippen molar-refractivity contribution in [1.82, 2.24) is 0 Å². The fourth-order valence-corrected chi connectivity index (χ4v) is 6.27. The third kappa shape index (κ3) is 2.04. The van der Waals surface area contributed by atoms with E-state index in [1.165, 1.54) is 5.56 Å². The lowest BCUT2D eigenvalue weighted by Crippen LogP contribution is -2.55. The van der Waals surface area contributed by atoms with Gasteiger partial charge in [-0.3, -0.25) is 4.79 Å². The molecule has 3 nitrogen and oxygen atoms in total. The Bertz CT molecular complexity index is 575. The highest BCUT2D eigenvalue weighted by molar-refractivity contribution is 7.99. The van der Waals surface area contributed by atoms with E-state index in [0.717, 1.165) is 25.0 Å². The number of hydrogen-bond donors (Lipinski definition) is 1. The predicted octanol–water partition coefficient (Wildman–Crippen LogP) is 3.01. The Morgan fingerprint density at radius 1 is 1.32 bits per heavy atom. The summed E-state index contributed by atoms with van der Waals surface area (Å²) in [6, 6.07) is 10.3. The maximum absolute atomic E-state index is 12.4. The first-order valence-corrected chi connectivity index (χ1v) is 9.24. The second-order valence-corrected chi connectivity index (χ2v) is 8.21. The van der Waals surface area contributed by atoms with Gasteiger partial charge >= 0.3 is 5.97 Å². The molecule has 0 aromatic heterocycles. The van der Waals surface area contributed by atoms with Gasteiger partial charge in [0.05, 0.1) is 0 Å². The summed E-state index contributed by atoms with van der Waals surface area (Å²) in [4.78, 5) is 12.4. The average Bonchev–Trinajstić information content (AvgIpc) is 2.95. The number of rotatable bonds is 3. The number of carbonyl (C=O) groups excluding carboxylic acids is 1. The molecular weight excluding hydrogens is 296 g/mol. The van der Waals surface area contributed by atoms with Crippen LogP contribution < -0.4 is 0 Å². The molecular formula is C18H22O3S. The van der Waals surface area contributed by atoms with Crippen molar-refractivity contribution in [2.75, 3.05) is 0 Å². The van der Waals surface area contributed by atoms with Gasteiger partial charge in [-0.15, -0.1) is 0 Å². The van der Waals surface area contributed by atoms with Gasteiger partial charge in [-0.05, 0) is 36.7 Å². The Morgan fingerprint density at radius 3 is 2.86 bits per heavy atom. The molecule has 4 rings (SSSR count). The van der Waals surface area contributed by atoms with Crippen molar-refractivity contribution < 1.29 is 14.6 Å². The molecule has 0 spiro atoms. The SMILES string of the molecule is C[C@H]1C[C@H]2CC[C@H]3OC(=O)C([C@@H]1SCc1ccccc1)[C@@]23O. The molecule has 1 heterocycles. The molecule has 3 fully saturated rings. The molecule has 4 heteroatoms. The number of ether oxygens (including phenoxy) is 1. The van der Waals surface area contributed by atoms with Crippen LogP contribution >= 0.6 is 11.8 Å². The van der Waals surface area contributed by atoms with E-state index in [-0.39, 0.29) is 29.2 Å². The average molecular weight is 318 g/mol. The van der Waals surface area contributed by atoms with Crippen molar-refractivity contribution in [3.8, 4) is 0 Å². The molecule has 2 saturated carbocycles. The first-order valence-electron chi connectivity index (χ1n) is 8.19. The number of thioether (sulfide) groups is 1. The van der Waals surface area contributed by atoms with Crippen molar-refractivity contribution >= 4 is 17.7 Å². The van der Waals surface area contributed by atoms with Gasteiger partial charge in [-0.2, -0.15) is 11.8 Å². The molecule has 0 amide bonds. The highest BCUT2D eigenvalue weighted by Crippen LogP contribution is 2.58. The normalized spacial score (nSPS) is 43.0. The van der Waals surface area contributed by atoms with Crippen LogP contribution in [0.15, 0.2) is 30.3 Å². The lowest BCUT2D eigenvalue weighted by molar-refractivity contribution is -0.145. The molecule has 3 aliphatic rings. The molecule has 1 aromatic rings. The molecule has 1 aromatic carbocycles. The number of aliphatic hydroxyl groups is 1. The summed E-state index contributed by atoms with van der Waals surface area (Å²) in [6.07, 6.45) is 2.56. The fourth-order valence-electron chi connectivity index (χ4n) is 4.73. The Morgan fingerprint density at radius 2 is 2.09 bits per heavy atom. The summed E-state index contributed by atoms with van der Waals surface area (Å²) in [5.74, 6) is 1.04. The molecule has 1 N–H and O–H groups in total. The minimum atomic E-state index is -0.905. The first kappa shape index (κ1) is 14.6. The van der Waals surface area contributed by atoms with Gasteiger partial charge in [0.1, 0.15) is 17.6 Å². The number of carbonyl (C=O) groups is 1. The Kier molecular flexibility index (Phi) is 3.50. The van der Waals surface area contributed by atoms with Crippen molar-refractivity contribution in [2.24, 2.45) is 17.8 Å². The molecule has 0 bridgehead atoms. The van der Waals surface area contributed by atoms with E-state index in [9.17, 15) is 9.90 Å². The lowest BCUT2D eigenvalue weighted by Gasteiger charge is -2.44. The maximum atomic E-state index is 12.4. The van der Waals surface area contributed by atoms with E-state index in [0.29, 0.717) is 5.92 Å². The summed E-state index contributed by atoms with van der Waals surface area (Å²) in [5, 5.41) is 11.4. The zero-order valence-corrected chi connectivity index (χ0v) is 13.6. The minimum absolute atomic E-state index is 0.150. The van der Waals surface area contributed by atoms with Crippen molar-refractivity contribution in [3.05, 3.63) is 35.9 Å². The quantitative estimate of drug-likeness (QED) is 0.870. The van der Waals surface area contributed by atoms with Gasteiger partial charge in [-0.1, -0.05) is 37.3 Å². The highest BCUT2D eigenvalue weighted by atomic mass is 32.2. The zero-order valence-electron chi connectivity index (χ0n) is 12.8. The number of esters is 1. The second-order valence-electron chi connectivity index (χ2n) is 7.04. The third-order valence-corrected chi connectivity index (χ3v) is 7.41. The summed E-state index contributed by atoms with van der Waals surface area (Å²) >= 11 is 1.81. The van der Waals surface area contributed by atoms with Crippen molar-refractivity contribution in [3.63, 3.8) is 0 Å². The van der Waals surface area contributed by atoms with Gasteiger partial charge in [0.15, 0.2) is 0 Å². The molecule has 22 heavy (non-hydrogen) atoms. The van der Waals surface area contributed by atoms with E-state index in [1.54, 1.807) is 0 Å². The molecule has 6 atom stereocenters. The van der Waals surface area contributed by atoms with E-state index < -0.39 is 5.60 Å². The molecule has 1 unspecified atom stereocenters. The first-order chi connectivity index (χ1) is 10.6. The fraction of sp³-hybridized carbons (Fsp3) is 0.611. The van der Waals surface area contributed by atoms with Crippen LogP contribution in [0.25, 0.3) is 0 Å². The molecule has 1 aliphatic heterocycles. The predicted molar refractivity (Wildman–Crippen MR) is 86.3 cm³/mol. The monoisotopic (exact) mass is 318 g/mol. The maximum Gasteiger partial charge on any atom is 0.313 e. The molecule has 118 valence electrons. The van der Waals surface area contributed by atoms with Gasteiger partial charge in [0.25, 0.3) is 0 Å². The van der Waals surface area contributed by atoms with Crippen LogP contribution in [0, 0.1) is 17.8 Å². The molecule has 1 saturated heterocycles. The van der Waals surface area contributed by atoms with Crippen molar-refractivity contribution in [2.45, 2.75) is 48.9 Å². The van der Waals surface area contributed by atoms with Crippen LogP contribution in [-0.2, 0) is 15.3 Å². The van der Waals surface area contributed by atoms with Gasteiger partial charge < -0.3 is 9.84 Å². The topological polar surface area (TPSA) is 46.5 Å². The Labute approximate surface area is 135 Å². The summed E-state index contributed by atoms with van der Waals surface area (Å²) in [6.45, 7) is 2.22.